The Balaban J connectivity index is 1.92. The second-order valence-corrected chi connectivity index (χ2v) is 8.68. The average molecular weight is 474 g/mol. The number of halogens is 1. The first-order valence-electron chi connectivity index (χ1n) is 10.9. The lowest BCUT2D eigenvalue weighted by atomic mass is 9.93. The molecule has 10 heteroatoms. The third-order valence-corrected chi connectivity index (χ3v) is 5.77. The van der Waals surface area contributed by atoms with E-state index in [0.717, 1.165) is 31.6 Å². The number of carbonyl (C=O) groups is 1. The van der Waals surface area contributed by atoms with Crippen molar-refractivity contribution in [2.24, 2.45) is 0 Å². The summed E-state index contributed by atoms with van der Waals surface area (Å²) in [6.07, 6.45) is 6.21. The Morgan fingerprint density at radius 3 is 2.64 bits per heavy atom. The van der Waals surface area contributed by atoms with E-state index < -0.39 is 0 Å². The van der Waals surface area contributed by atoms with Crippen LogP contribution < -0.4 is 25.6 Å². The smallest absolute Gasteiger partial charge is 0.247 e. The standard InChI is InChI=1S/C23H32ClN7O2/c1-6-21(32)27-17-12-18(20(33-5)13-19(17)31(4)11-10-30(2)3)28-23-25-14-16(24)22(29-23)26-15-8-7-9-15/h6,12-15H,1,7-11H2,2-5H3,(H,27,32)(H2,25,26,28,29). The van der Waals surface area contributed by atoms with Crippen LogP contribution >= 0.6 is 11.6 Å². The monoisotopic (exact) mass is 473 g/mol. The van der Waals surface area contributed by atoms with Crippen molar-refractivity contribution in [3.8, 4) is 5.75 Å². The lowest BCUT2D eigenvalue weighted by Gasteiger charge is -2.27. The molecule has 3 N–H and O–H groups in total. The molecule has 1 aliphatic carbocycles. The number of aromatic nitrogens is 2. The summed E-state index contributed by atoms with van der Waals surface area (Å²) in [5.74, 6) is 1.25. The Morgan fingerprint density at radius 2 is 2.03 bits per heavy atom. The summed E-state index contributed by atoms with van der Waals surface area (Å²) in [6, 6.07) is 4.07. The van der Waals surface area contributed by atoms with Gasteiger partial charge in [-0.05, 0) is 45.5 Å². The van der Waals surface area contributed by atoms with E-state index >= 15 is 0 Å². The number of ether oxygens (including phenoxy) is 1. The molecule has 1 saturated carbocycles. The maximum atomic E-state index is 12.1. The van der Waals surface area contributed by atoms with E-state index in [1.807, 2.05) is 27.2 Å². The van der Waals surface area contributed by atoms with E-state index in [9.17, 15) is 4.79 Å². The van der Waals surface area contributed by atoms with E-state index in [-0.39, 0.29) is 5.91 Å². The predicted octanol–water partition coefficient (Wildman–Crippen LogP) is 3.97. The van der Waals surface area contributed by atoms with Crippen molar-refractivity contribution in [2.75, 3.05) is 62.2 Å². The van der Waals surface area contributed by atoms with Gasteiger partial charge in [-0.2, -0.15) is 4.98 Å². The molecule has 0 unspecified atom stereocenters. The van der Waals surface area contributed by atoms with Gasteiger partial charge in [-0.15, -0.1) is 0 Å². The molecule has 3 rings (SSSR count). The highest BCUT2D eigenvalue weighted by Gasteiger charge is 2.20. The SMILES string of the molecule is C=CC(=O)Nc1cc(Nc2ncc(Cl)c(NC3CCC3)n2)c(OC)cc1N(C)CCN(C)C. The topological polar surface area (TPSA) is 94.6 Å². The molecule has 0 bridgehead atoms. The van der Waals surface area contributed by atoms with E-state index in [1.54, 1.807) is 19.4 Å². The van der Waals surface area contributed by atoms with Gasteiger partial charge < -0.3 is 30.5 Å². The predicted molar refractivity (Wildman–Crippen MR) is 135 cm³/mol. The molecule has 0 aliphatic heterocycles. The van der Waals surface area contributed by atoms with Gasteiger partial charge in [0.2, 0.25) is 11.9 Å². The zero-order chi connectivity index (χ0) is 24.0. The molecular weight excluding hydrogens is 442 g/mol. The normalized spacial score (nSPS) is 13.3. The van der Waals surface area contributed by atoms with Crippen molar-refractivity contribution in [2.45, 2.75) is 25.3 Å². The molecular formula is C23H32ClN7O2. The number of likely N-dealkylation sites (N-methyl/N-ethyl adjacent to an activating group) is 2. The number of nitrogens with one attached hydrogen (secondary N) is 3. The highest BCUT2D eigenvalue weighted by atomic mass is 35.5. The zero-order valence-corrected chi connectivity index (χ0v) is 20.4. The van der Waals surface area contributed by atoms with Gasteiger partial charge in [0.15, 0.2) is 5.82 Å². The van der Waals surface area contributed by atoms with Crippen molar-refractivity contribution in [3.63, 3.8) is 0 Å². The fourth-order valence-electron chi connectivity index (χ4n) is 3.30. The number of amides is 1. The fraction of sp³-hybridized carbons (Fsp3) is 0.435. The summed E-state index contributed by atoms with van der Waals surface area (Å²) < 4.78 is 5.64. The number of hydrogen-bond acceptors (Lipinski definition) is 8. The van der Waals surface area contributed by atoms with Crippen LogP contribution in [0.25, 0.3) is 0 Å². The van der Waals surface area contributed by atoms with Crippen LogP contribution in [0.4, 0.5) is 28.8 Å². The van der Waals surface area contributed by atoms with Crippen LogP contribution in [0.15, 0.2) is 31.0 Å². The first kappa shape index (κ1) is 24.6. The van der Waals surface area contributed by atoms with Crippen molar-refractivity contribution in [1.29, 1.82) is 0 Å². The highest BCUT2D eigenvalue weighted by Crippen LogP contribution is 2.38. The molecule has 1 amide bonds. The van der Waals surface area contributed by atoms with Crippen LogP contribution in [0.5, 0.6) is 5.75 Å². The van der Waals surface area contributed by atoms with E-state index in [1.165, 1.54) is 12.5 Å². The van der Waals surface area contributed by atoms with Gasteiger partial charge in [0.1, 0.15) is 10.8 Å². The largest absolute Gasteiger partial charge is 0.494 e. The van der Waals surface area contributed by atoms with Gasteiger partial charge in [0.25, 0.3) is 0 Å². The number of anilines is 5. The van der Waals surface area contributed by atoms with Crippen LogP contribution in [0.3, 0.4) is 0 Å². The van der Waals surface area contributed by atoms with Gasteiger partial charge in [-0.25, -0.2) is 4.98 Å². The Morgan fingerprint density at radius 1 is 1.27 bits per heavy atom. The number of hydrogen-bond donors (Lipinski definition) is 3. The van der Waals surface area contributed by atoms with Crippen LogP contribution in [0.2, 0.25) is 5.02 Å². The van der Waals surface area contributed by atoms with Gasteiger partial charge in [0.05, 0.1) is 30.4 Å². The Kier molecular flexibility index (Phi) is 8.35. The van der Waals surface area contributed by atoms with Gasteiger partial charge in [-0.1, -0.05) is 18.2 Å². The Hall–Kier alpha value is -3.04. The molecule has 1 aliphatic rings. The summed E-state index contributed by atoms with van der Waals surface area (Å²) in [5, 5.41) is 9.91. The minimum atomic E-state index is -0.303. The molecule has 33 heavy (non-hydrogen) atoms. The lowest BCUT2D eigenvalue weighted by Crippen LogP contribution is -2.29. The number of rotatable bonds is 11. The van der Waals surface area contributed by atoms with Crippen molar-refractivity contribution in [3.05, 3.63) is 36.0 Å². The minimum Gasteiger partial charge on any atom is -0.494 e. The summed E-state index contributed by atoms with van der Waals surface area (Å²) >= 11 is 6.28. The van der Waals surface area contributed by atoms with Crippen LogP contribution in [-0.4, -0.2) is 68.2 Å². The summed E-state index contributed by atoms with van der Waals surface area (Å²) in [7, 11) is 7.60. The molecule has 1 heterocycles. The average Bonchev–Trinajstić information content (AvgIpc) is 2.76. The molecule has 9 nitrogen and oxygen atoms in total. The molecule has 0 atom stereocenters. The van der Waals surface area contributed by atoms with Crippen molar-refractivity contribution in [1.82, 2.24) is 14.9 Å². The maximum Gasteiger partial charge on any atom is 0.247 e. The summed E-state index contributed by atoms with van der Waals surface area (Å²) in [5.41, 5.74) is 2.04. The Labute approximate surface area is 200 Å². The highest BCUT2D eigenvalue weighted by molar-refractivity contribution is 6.32. The van der Waals surface area contributed by atoms with Crippen LogP contribution in [-0.2, 0) is 4.79 Å². The summed E-state index contributed by atoms with van der Waals surface area (Å²) in [6.45, 7) is 5.17. The molecule has 0 spiro atoms. The molecule has 2 aromatic rings. The van der Waals surface area contributed by atoms with Gasteiger partial charge in [0, 0.05) is 32.2 Å². The second kappa shape index (κ2) is 11.2. The van der Waals surface area contributed by atoms with Gasteiger partial charge in [-0.3, -0.25) is 4.79 Å². The zero-order valence-electron chi connectivity index (χ0n) is 19.6. The molecule has 0 radical (unpaired) electrons. The van der Waals surface area contributed by atoms with E-state index in [4.69, 9.17) is 16.3 Å². The first-order valence-corrected chi connectivity index (χ1v) is 11.3. The molecule has 1 aromatic carbocycles. The lowest BCUT2D eigenvalue weighted by molar-refractivity contribution is -0.111. The first-order chi connectivity index (χ1) is 15.8. The molecule has 178 valence electrons. The fourth-order valence-corrected chi connectivity index (χ4v) is 3.45. The maximum absolute atomic E-state index is 12.1. The number of carbonyl (C=O) groups excluding carboxylic acids is 1. The quantitative estimate of drug-likeness (QED) is 0.422. The third kappa shape index (κ3) is 6.49. The minimum absolute atomic E-state index is 0.303. The van der Waals surface area contributed by atoms with Gasteiger partial charge >= 0.3 is 0 Å². The number of methoxy groups -OCH3 is 1. The number of nitrogens with zero attached hydrogens (tertiary/aromatic N) is 4. The van der Waals surface area contributed by atoms with Crippen LogP contribution in [0.1, 0.15) is 19.3 Å². The van der Waals surface area contributed by atoms with E-state index in [2.05, 4.69) is 42.3 Å². The molecule has 1 fully saturated rings. The molecule has 1 aromatic heterocycles. The van der Waals surface area contributed by atoms with Crippen molar-refractivity contribution >= 4 is 46.3 Å². The second-order valence-electron chi connectivity index (χ2n) is 8.28. The Bertz CT molecular complexity index is 995. The number of benzene rings is 1. The van der Waals surface area contributed by atoms with E-state index in [0.29, 0.717) is 40.0 Å². The summed E-state index contributed by atoms with van der Waals surface area (Å²) in [4.78, 5) is 25.1. The third-order valence-electron chi connectivity index (χ3n) is 5.49. The molecule has 0 saturated heterocycles. The van der Waals surface area contributed by atoms with Crippen LogP contribution in [0, 0.1) is 0 Å². The van der Waals surface area contributed by atoms with Crippen molar-refractivity contribution < 1.29 is 9.53 Å².